The fourth-order valence-corrected chi connectivity index (χ4v) is 5.85. The molecule has 0 fully saturated rings. The minimum absolute atomic E-state index is 0.0841. The Morgan fingerprint density at radius 1 is 0.489 bits per heavy atom. The fraction of sp³-hybridized carbons (Fsp3) is 0.791. The van der Waals surface area contributed by atoms with Gasteiger partial charge < -0.3 is 15.5 Å². The van der Waals surface area contributed by atoms with Crippen molar-refractivity contribution in [3.8, 4) is 0 Å². The third-order valence-electron chi connectivity index (χ3n) is 9.01. The van der Waals surface area contributed by atoms with Crippen molar-refractivity contribution in [3.63, 3.8) is 0 Å². The largest absolute Gasteiger partial charge is 0.394 e. The van der Waals surface area contributed by atoms with Crippen LogP contribution >= 0.6 is 0 Å². The number of hydrogen-bond donors (Lipinski definition) is 3. The van der Waals surface area contributed by atoms with Gasteiger partial charge >= 0.3 is 0 Å². The van der Waals surface area contributed by atoms with Crippen molar-refractivity contribution in [1.29, 1.82) is 0 Å². The Morgan fingerprint density at radius 3 is 1.23 bits per heavy atom. The Balaban J connectivity index is 3.66. The molecule has 0 rings (SSSR count). The molecule has 0 saturated carbocycles. The fourth-order valence-electron chi connectivity index (χ4n) is 5.85. The number of aliphatic hydroxyl groups is 2. The van der Waals surface area contributed by atoms with Gasteiger partial charge in [0, 0.05) is 6.42 Å². The average molecular weight is 658 g/mol. The van der Waals surface area contributed by atoms with Crippen LogP contribution in [0.3, 0.4) is 0 Å². The van der Waals surface area contributed by atoms with Crippen LogP contribution in [-0.4, -0.2) is 34.9 Å². The molecular weight excluding hydrogens is 578 g/mol. The molecule has 0 radical (unpaired) electrons. The summed E-state index contributed by atoms with van der Waals surface area (Å²) < 4.78 is 0. The lowest BCUT2D eigenvalue weighted by Gasteiger charge is -2.19. The molecule has 0 aliphatic carbocycles. The van der Waals surface area contributed by atoms with Crippen molar-refractivity contribution in [1.82, 2.24) is 5.32 Å². The van der Waals surface area contributed by atoms with E-state index in [9.17, 15) is 15.0 Å². The standard InChI is InChI=1S/C43H79NO3/c1-3-5-7-9-11-13-15-17-19-20-21-22-23-25-27-29-31-33-35-37-39-43(47)44-41(40-45)42(46)38-36-34-32-30-28-26-24-18-16-14-12-10-8-6-4-2/h16,18,21-22,28,30,36,38,41-42,45-46H,3-15,17,19-20,23-27,29,31-35,37,39-40H2,1-2H3,(H,44,47)/b18-16+,22-21-,30-28+,38-36+. The van der Waals surface area contributed by atoms with Gasteiger partial charge in [-0.05, 0) is 70.6 Å². The topological polar surface area (TPSA) is 69.6 Å². The molecule has 0 bridgehead atoms. The third-order valence-corrected chi connectivity index (χ3v) is 9.01. The van der Waals surface area contributed by atoms with Crippen LogP contribution in [0.2, 0.25) is 0 Å². The monoisotopic (exact) mass is 658 g/mol. The lowest BCUT2D eigenvalue weighted by Crippen LogP contribution is -2.45. The molecule has 1 amide bonds. The number of amides is 1. The molecule has 0 aromatic rings. The summed E-state index contributed by atoms with van der Waals surface area (Å²) in [5.74, 6) is -0.0841. The molecule has 0 aromatic heterocycles. The first kappa shape index (κ1) is 45.3. The van der Waals surface area contributed by atoms with Crippen molar-refractivity contribution in [2.45, 2.75) is 212 Å². The predicted molar refractivity (Wildman–Crippen MR) is 207 cm³/mol. The highest BCUT2D eigenvalue weighted by Gasteiger charge is 2.17. The summed E-state index contributed by atoms with van der Waals surface area (Å²) in [6.07, 6.45) is 52.0. The molecule has 2 unspecified atom stereocenters. The van der Waals surface area contributed by atoms with Gasteiger partial charge in [0.1, 0.15) is 0 Å². The zero-order valence-corrected chi connectivity index (χ0v) is 31.3. The Bertz CT molecular complexity index is 756. The molecule has 0 spiro atoms. The average Bonchev–Trinajstić information content (AvgIpc) is 3.07. The molecule has 0 heterocycles. The third kappa shape index (κ3) is 35.5. The molecular formula is C43H79NO3. The molecule has 0 aliphatic rings. The highest BCUT2D eigenvalue weighted by atomic mass is 16.3. The first-order valence-corrected chi connectivity index (χ1v) is 20.4. The Labute approximate surface area is 293 Å². The van der Waals surface area contributed by atoms with Gasteiger partial charge in [-0.15, -0.1) is 0 Å². The summed E-state index contributed by atoms with van der Waals surface area (Å²) in [5, 5.41) is 22.9. The van der Waals surface area contributed by atoms with E-state index in [1.807, 2.05) is 6.08 Å². The normalized spacial score (nSPS) is 13.5. The molecule has 4 nitrogen and oxygen atoms in total. The molecule has 0 aliphatic heterocycles. The van der Waals surface area contributed by atoms with Gasteiger partial charge in [0.25, 0.3) is 0 Å². The van der Waals surface area contributed by atoms with Crippen LogP contribution in [0.15, 0.2) is 48.6 Å². The van der Waals surface area contributed by atoms with E-state index in [1.165, 1.54) is 141 Å². The summed E-state index contributed by atoms with van der Waals surface area (Å²) >= 11 is 0. The number of allylic oxidation sites excluding steroid dienone is 7. The first-order chi connectivity index (χ1) is 23.2. The van der Waals surface area contributed by atoms with Gasteiger partial charge in [-0.3, -0.25) is 4.79 Å². The lowest BCUT2D eigenvalue weighted by molar-refractivity contribution is -0.123. The van der Waals surface area contributed by atoms with Crippen LogP contribution in [0.5, 0.6) is 0 Å². The summed E-state index contributed by atoms with van der Waals surface area (Å²) in [7, 11) is 0. The van der Waals surface area contributed by atoms with E-state index in [4.69, 9.17) is 0 Å². The second-order valence-electron chi connectivity index (χ2n) is 13.7. The van der Waals surface area contributed by atoms with E-state index >= 15 is 0 Å². The van der Waals surface area contributed by atoms with Crippen LogP contribution in [0.1, 0.15) is 200 Å². The molecule has 274 valence electrons. The van der Waals surface area contributed by atoms with Crippen molar-refractivity contribution in [2.24, 2.45) is 0 Å². The summed E-state index contributed by atoms with van der Waals surface area (Å²) in [5.41, 5.74) is 0. The first-order valence-electron chi connectivity index (χ1n) is 20.4. The molecule has 3 N–H and O–H groups in total. The molecule has 0 aromatic carbocycles. The maximum atomic E-state index is 12.3. The van der Waals surface area contributed by atoms with Crippen molar-refractivity contribution in [3.05, 3.63) is 48.6 Å². The van der Waals surface area contributed by atoms with Gasteiger partial charge in [-0.2, -0.15) is 0 Å². The van der Waals surface area contributed by atoms with E-state index in [0.717, 1.165) is 38.5 Å². The number of nitrogens with one attached hydrogen (secondary N) is 1. The number of hydrogen-bond acceptors (Lipinski definition) is 3. The van der Waals surface area contributed by atoms with Crippen LogP contribution in [0.25, 0.3) is 0 Å². The van der Waals surface area contributed by atoms with Gasteiger partial charge in [0.05, 0.1) is 18.8 Å². The maximum Gasteiger partial charge on any atom is 0.220 e. The van der Waals surface area contributed by atoms with Crippen molar-refractivity contribution >= 4 is 5.91 Å². The molecule has 0 saturated heterocycles. The second-order valence-corrected chi connectivity index (χ2v) is 13.7. The smallest absolute Gasteiger partial charge is 0.220 e. The van der Waals surface area contributed by atoms with Crippen LogP contribution in [-0.2, 0) is 4.79 Å². The van der Waals surface area contributed by atoms with Crippen LogP contribution < -0.4 is 5.32 Å². The van der Waals surface area contributed by atoms with Crippen LogP contribution in [0.4, 0.5) is 0 Å². The number of aliphatic hydroxyl groups excluding tert-OH is 2. The molecule has 4 heteroatoms. The summed E-state index contributed by atoms with van der Waals surface area (Å²) in [4.78, 5) is 12.3. The number of carbonyl (C=O) groups is 1. The lowest BCUT2D eigenvalue weighted by atomic mass is 10.1. The summed E-state index contributed by atoms with van der Waals surface area (Å²) in [6, 6.07) is -0.646. The zero-order valence-electron chi connectivity index (χ0n) is 31.3. The minimum atomic E-state index is -0.871. The number of unbranched alkanes of at least 4 members (excludes halogenated alkanes) is 23. The highest BCUT2D eigenvalue weighted by molar-refractivity contribution is 5.76. The van der Waals surface area contributed by atoms with E-state index < -0.39 is 12.1 Å². The number of rotatable bonds is 36. The minimum Gasteiger partial charge on any atom is -0.394 e. The van der Waals surface area contributed by atoms with Gasteiger partial charge in [-0.1, -0.05) is 172 Å². The Kier molecular flexibility index (Phi) is 37.4. The van der Waals surface area contributed by atoms with Crippen molar-refractivity contribution in [2.75, 3.05) is 6.61 Å². The van der Waals surface area contributed by atoms with E-state index in [0.29, 0.717) is 6.42 Å². The summed E-state index contributed by atoms with van der Waals surface area (Å²) in [6.45, 7) is 4.27. The van der Waals surface area contributed by atoms with Crippen molar-refractivity contribution < 1.29 is 15.0 Å². The molecule has 47 heavy (non-hydrogen) atoms. The number of carbonyl (C=O) groups excluding carboxylic acids is 1. The van der Waals surface area contributed by atoms with E-state index in [2.05, 4.69) is 55.6 Å². The maximum absolute atomic E-state index is 12.3. The SMILES string of the molecule is CCCCCCC/C=C/CC/C=C/CC/C=C/C(O)C(CO)NC(=O)CCCCCCCCC/C=C\CCCCCCCCCCC. The second kappa shape index (κ2) is 38.8. The zero-order chi connectivity index (χ0) is 34.3. The Hall–Kier alpha value is -1.65. The van der Waals surface area contributed by atoms with Crippen LogP contribution in [0, 0.1) is 0 Å². The van der Waals surface area contributed by atoms with Gasteiger partial charge in [0.2, 0.25) is 5.91 Å². The highest BCUT2D eigenvalue weighted by Crippen LogP contribution is 2.13. The molecule has 2 atom stereocenters. The van der Waals surface area contributed by atoms with Gasteiger partial charge in [-0.25, -0.2) is 0 Å². The van der Waals surface area contributed by atoms with E-state index in [-0.39, 0.29) is 12.5 Å². The predicted octanol–water partition coefficient (Wildman–Crippen LogP) is 12.4. The van der Waals surface area contributed by atoms with Gasteiger partial charge in [0.15, 0.2) is 0 Å². The quantitative estimate of drug-likeness (QED) is 0.0464. The van der Waals surface area contributed by atoms with E-state index in [1.54, 1.807) is 6.08 Å². The Morgan fingerprint density at radius 2 is 0.830 bits per heavy atom.